The second-order valence-electron chi connectivity index (χ2n) is 6.16. The van der Waals surface area contributed by atoms with Crippen LogP contribution in [-0.4, -0.2) is 38.6 Å². The fourth-order valence-corrected chi connectivity index (χ4v) is 4.15. The van der Waals surface area contributed by atoms with Gasteiger partial charge in [-0.1, -0.05) is 0 Å². The SMILES string of the molecule is Cc1sc2nc(CN3CCCC3)n(C(C)C(=O)O)c(=O)c2c1C. The first-order valence-corrected chi connectivity index (χ1v) is 8.68. The molecule has 0 bridgehead atoms. The molecule has 0 aromatic carbocycles. The lowest BCUT2D eigenvalue weighted by Gasteiger charge is -2.20. The van der Waals surface area contributed by atoms with Crippen molar-refractivity contribution in [3.8, 4) is 0 Å². The molecule has 6 nitrogen and oxygen atoms in total. The molecular formula is C16H21N3O3S. The number of hydrogen-bond acceptors (Lipinski definition) is 5. The van der Waals surface area contributed by atoms with Gasteiger partial charge in [-0.2, -0.15) is 0 Å². The molecule has 7 heteroatoms. The predicted molar refractivity (Wildman–Crippen MR) is 90.2 cm³/mol. The molecule has 23 heavy (non-hydrogen) atoms. The van der Waals surface area contributed by atoms with Crippen molar-refractivity contribution in [2.75, 3.05) is 13.1 Å². The molecule has 1 atom stereocenters. The molecule has 1 aliphatic rings. The molecule has 3 heterocycles. The van der Waals surface area contributed by atoms with Crippen LogP contribution in [0.15, 0.2) is 4.79 Å². The minimum Gasteiger partial charge on any atom is -0.480 e. The minimum atomic E-state index is -1.01. The van der Waals surface area contributed by atoms with Crippen LogP contribution in [0.5, 0.6) is 0 Å². The molecule has 0 saturated carbocycles. The molecule has 2 aromatic heterocycles. The monoisotopic (exact) mass is 335 g/mol. The summed E-state index contributed by atoms with van der Waals surface area (Å²) in [6, 6.07) is -0.920. The summed E-state index contributed by atoms with van der Waals surface area (Å²) in [6.45, 7) is 7.87. The lowest BCUT2D eigenvalue weighted by atomic mass is 10.2. The van der Waals surface area contributed by atoms with Crippen LogP contribution < -0.4 is 5.56 Å². The van der Waals surface area contributed by atoms with E-state index in [-0.39, 0.29) is 5.56 Å². The fraction of sp³-hybridized carbons (Fsp3) is 0.562. The van der Waals surface area contributed by atoms with E-state index in [1.807, 2.05) is 13.8 Å². The zero-order valence-corrected chi connectivity index (χ0v) is 14.4. The summed E-state index contributed by atoms with van der Waals surface area (Å²) in [4.78, 5) is 33.1. The van der Waals surface area contributed by atoms with Crippen LogP contribution in [0.25, 0.3) is 10.2 Å². The first kappa shape index (κ1) is 16.1. The molecule has 124 valence electrons. The van der Waals surface area contributed by atoms with Crippen molar-refractivity contribution in [2.45, 2.75) is 46.2 Å². The Hall–Kier alpha value is -1.73. The Morgan fingerprint density at radius 1 is 1.35 bits per heavy atom. The third kappa shape index (κ3) is 2.79. The Kier molecular flexibility index (Phi) is 4.25. The Bertz CT molecular complexity index is 818. The van der Waals surface area contributed by atoms with E-state index < -0.39 is 12.0 Å². The van der Waals surface area contributed by atoms with Crippen molar-refractivity contribution in [3.63, 3.8) is 0 Å². The van der Waals surface area contributed by atoms with Gasteiger partial charge < -0.3 is 5.11 Å². The van der Waals surface area contributed by atoms with Crippen molar-refractivity contribution in [1.82, 2.24) is 14.5 Å². The number of aliphatic carboxylic acids is 1. The van der Waals surface area contributed by atoms with Crippen LogP contribution in [0.3, 0.4) is 0 Å². The number of likely N-dealkylation sites (tertiary alicyclic amines) is 1. The van der Waals surface area contributed by atoms with Gasteiger partial charge in [0.1, 0.15) is 16.7 Å². The highest BCUT2D eigenvalue weighted by molar-refractivity contribution is 7.18. The van der Waals surface area contributed by atoms with Gasteiger partial charge in [-0.15, -0.1) is 11.3 Å². The number of fused-ring (bicyclic) bond motifs is 1. The average Bonchev–Trinajstić information content (AvgIpc) is 3.08. The first-order valence-electron chi connectivity index (χ1n) is 7.86. The van der Waals surface area contributed by atoms with Crippen LogP contribution in [0.4, 0.5) is 0 Å². The standard InChI is InChI=1S/C16H21N3O3S/c1-9-11(3)23-14-13(9)15(20)19(10(2)16(21)22)12(17-14)8-18-6-4-5-7-18/h10H,4-8H2,1-3H3,(H,21,22). The Labute approximate surface area is 138 Å². The van der Waals surface area contributed by atoms with Crippen LogP contribution in [0.2, 0.25) is 0 Å². The zero-order valence-electron chi connectivity index (χ0n) is 13.6. The smallest absolute Gasteiger partial charge is 0.326 e. The molecule has 1 unspecified atom stereocenters. The van der Waals surface area contributed by atoms with Crippen LogP contribution in [0, 0.1) is 13.8 Å². The van der Waals surface area contributed by atoms with Crippen molar-refractivity contribution in [1.29, 1.82) is 0 Å². The number of thiophene rings is 1. The van der Waals surface area contributed by atoms with E-state index in [0.29, 0.717) is 22.6 Å². The molecule has 0 amide bonds. The molecule has 1 saturated heterocycles. The van der Waals surface area contributed by atoms with Crippen molar-refractivity contribution in [2.24, 2.45) is 0 Å². The maximum Gasteiger partial charge on any atom is 0.326 e. The lowest BCUT2D eigenvalue weighted by molar-refractivity contribution is -0.140. The summed E-state index contributed by atoms with van der Waals surface area (Å²) in [5.41, 5.74) is 0.669. The van der Waals surface area contributed by atoms with Crippen molar-refractivity contribution >= 4 is 27.5 Å². The lowest BCUT2D eigenvalue weighted by Crippen LogP contribution is -2.34. The normalized spacial score (nSPS) is 17.0. The number of hydrogen-bond donors (Lipinski definition) is 1. The van der Waals surface area contributed by atoms with E-state index in [1.54, 1.807) is 6.92 Å². The molecule has 0 aliphatic carbocycles. The quantitative estimate of drug-likeness (QED) is 0.928. The number of nitrogens with zero attached hydrogens (tertiary/aromatic N) is 3. The second-order valence-corrected chi connectivity index (χ2v) is 7.37. The Morgan fingerprint density at radius 2 is 2.00 bits per heavy atom. The summed E-state index contributed by atoms with van der Waals surface area (Å²) in [7, 11) is 0. The average molecular weight is 335 g/mol. The molecule has 0 spiro atoms. The third-order valence-electron chi connectivity index (χ3n) is 4.62. The van der Waals surface area contributed by atoms with E-state index in [2.05, 4.69) is 9.88 Å². The summed E-state index contributed by atoms with van der Waals surface area (Å²) >= 11 is 1.50. The van der Waals surface area contributed by atoms with E-state index >= 15 is 0 Å². The third-order valence-corrected chi connectivity index (χ3v) is 5.72. The summed E-state index contributed by atoms with van der Waals surface area (Å²) < 4.78 is 1.36. The number of carboxylic acids is 1. The van der Waals surface area contributed by atoms with Crippen molar-refractivity contribution in [3.05, 3.63) is 26.6 Å². The highest BCUT2D eigenvalue weighted by atomic mass is 32.1. The summed E-state index contributed by atoms with van der Waals surface area (Å²) in [5, 5.41) is 9.95. The molecule has 1 N–H and O–H groups in total. The van der Waals surface area contributed by atoms with Gasteiger partial charge in [-0.3, -0.25) is 14.3 Å². The first-order chi connectivity index (χ1) is 10.9. The Morgan fingerprint density at radius 3 is 2.61 bits per heavy atom. The number of carboxylic acid groups (broad SMARTS) is 1. The Balaban J connectivity index is 2.20. The number of carbonyl (C=O) groups is 1. The largest absolute Gasteiger partial charge is 0.480 e. The van der Waals surface area contributed by atoms with E-state index in [4.69, 9.17) is 0 Å². The maximum atomic E-state index is 13.0. The van der Waals surface area contributed by atoms with E-state index in [9.17, 15) is 14.7 Å². The summed E-state index contributed by atoms with van der Waals surface area (Å²) in [5.74, 6) is -0.457. The molecule has 2 aromatic rings. The van der Waals surface area contributed by atoms with Gasteiger partial charge in [0, 0.05) is 4.88 Å². The van der Waals surface area contributed by atoms with Gasteiger partial charge >= 0.3 is 5.97 Å². The van der Waals surface area contributed by atoms with Gasteiger partial charge in [0.05, 0.1) is 11.9 Å². The molecule has 3 rings (SSSR count). The topological polar surface area (TPSA) is 75.4 Å². The highest BCUT2D eigenvalue weighted by Gasteiger charge is 2.25. The van der Waals surface area contributed by atoms with Crippen LogP contribution in [0.1, 0.15) is 42.1 Å². The predicted octanol–water partition coefficient (Wildman–Crippen LogP) is 2.32. The highest BCUT2D eigenvalue weighted by Crippen LogP contribution is 2.27. The van der Waals surface area contributed by atoms with E-state index in [1.165, 1.54) is 15.9 Å². The van der Waals surface area contributed by atoms with Gasteiger partial charge in [0.25, 0.3) is 5.56 Å². The van der Waals surface area contributed by atoms with Gasteiger partial charge in [0.15, 0.2) is 0 Å². The molecular weight excluding hydrogens is 314 g/mol. The zero-order chi connectivity index (χ0) is 16.7. The number of rotatable bonds is 4. The molecule has 1 aliphatic heterocycles. The van der Waals surface area contributed by atoms with Gasteiger partial charge in [-0.25, -0.2) is 9.78 Å². The number of aromatic nitrogens is 2. The second kappa shape index (κ2) is 6.05. The van der Waals surface area contributed by atoms with Gasteiger partial charge in [-0.05, 0) is 52.3 Å². The van der Waals surface area contributed by atoms with Crippen molar-refractivity contribution < 1.29 is 9.90 Å². The van der Waals surface area contributed by atoms with Crippen LogP contribution >= 0.6 is 11.3 Å². The molecule has 1 fully saturated rings. The fourth-order valence-electron chi connectivity index (χ4n) is 3.11. The van der Waals surface area contributed by atoms with Crippen LogP contribution in [-0.2, 0) is 11.3 Å². The number of aryl methyl sites for hydroxylation is 2. The van der Waals surface area contributed by atoms with E-state index in [0.717, 1.165) is 36.4 Å². The van der Waals surface area contributed by atoms with Gasteiger partial charge in [0.2, 0.25) is 0 Å². The minimum absolute atomic E-state index is 0.235. The molecule has 0 radical (unpaired) electrons. The summed E-state index contributed by atoms with van der Waals surface area (Å²) in [6.07, 6.45) is 2.27. The maximum absolute atomic E-state index is 13.0.